The van der Waals surface area contributed by atoms with Gasteiger partial charge in [-0.1, -0.05) is 42.5 Å². The molecular formula is C12H8O. The summed E-state index contributed by atoms with van der Waals surface area (Å²) in [6.07, 6.45) is 0. The standard InChI is InChI=1S/C12H8O/c13-12-9-5-4-8-11(12)10-6-2-1-3-7-10/h1-6,8-9H. The lowest BCUT2D eigenvalue weighted by atomic mass is 10.1. The van der Waals surface area contributed by atoms with E-state index in [2.05, 4.69) is 6.07 Å². The van der Waals surface area contributed by atoms with E-state index in [4.69, 9.17) is 0 Å². The highest BCUT2D eigenvalue weighted by atomic mass is 16.3. The molecule has 2 aromatic carbocycles. The van der Waals surface area contributed by atoms with Gasteiger partial charge >= 0.3 is 0 Å². The lowest BCUT2D eigenvalue weighted by molar-refractivity contribution is 0.356. The van der Waals surface area contributed by atoms with E-state index in [0.717, 1.165) is 5.56 Å². The van der Waals surface area contributed by atoms with Gasteiger partial charge in [-0.15, -0.1) is 0 Å². The third kappa shape index (κ3) is 1.54. The molecule has 0 N–H and O–H groups in total. The van der Waals surface area contributed by atoms with Gasteiger partial charge < -0.3 is 0 Å². The highest BCUT2D eigenvalue weighted by molar-refractivity contribution is 5.68. The first-order valence-electron chi connectivity index (χ1n) is 4.11. The SMILES string of the molecule is [O]c1ccccc1-c1[c]cccc1. The van der Waals surface area contributed by atoms with E-state index in [-0.39, 0.29) is 5.75 Å². The van der Waals surface area contributed by atoms with Crippen molar-refractivity contribution in [2.24, 2.45) is 0 Å². The zero-order chi connectivity index (χ0) is 9.10. The van der Waals surface area contributed by atoms with Crippen LogP contribution < -0.4 is 0 Å². The molecular weight excluding hydrogens is 160 g/mol. The fourth-order valence-corrected chi connectivity index (χ4v) is 1.25. The van der Waals surface area contributed by atoms with Crippen molar-refractivity contribution in [3.05, 3.63) is 54.6 Å². The molecule has 1 nitrogen and oxygen atoms in total. The summed E-state index contributed by atoms with van der Waals surface area (Å²) in [7, 11) is 0. The first-order chi connectivity index (χ1) is 6.38. The summed E-state index contributed by atoms with van der Waals surface area (Å²) in [6.45, 7) is 0. The first-order valence-corrected chi connectivity index (χ1v) is 4.11. The number of hydrogen-bond donors (Lipinski definition) is 0. The molecule has 0 fully saturated rings. The highest BCUT2D eigenvalue weighted by Crippen LogP contribution is 2.27. The van der Waals surface area contributed by atoms with Gasteiger partial charge in [-0.05, 0) is 17.7 Å². The molecule has 0 aliphatic heterocycles. The van der Waals surface area contributed by atoms with Crippen molar-refractivity contribution in [3.63, 3.8) is 0 Å². The molecule has 0 amide bonds. The minimum Gasteiger partial charge on any atom is -0.289 e. The molecule has 1 heteroatoms. The van der Waals surface area contributed by atoms with E-state index in [1.54, 1.807) is 12.1 Å². The normalized spacial score (nSPS) is 9.85. The topological polar surface area (TPSA) is 19.9 Å². The molecule has 0 bridgehead atoms. The molecule has 0 spiro atoms. The van der Waals surface area contributed by atoms with Crippen LogP contribution in [0, 0.1) is 6.07 Å². The third-order valence-electron chi connectivity index (χ3n) is 1.89. The van der Waals surface area contributed by atoms with Gasteiger partial charge in [-0.3, -0.25) is 5.11 Å². The molecule has 2 radical (unpaired) electrons. The quantitative estimate of drug-likeness (QED) is 0.622. The summed E-state index contributed by atoms with van der Waals surface area (Å²) in [6, 6.07) is 17.5. The van der Waals surface area contributed by atoms with Crippen LogP contribution in [0.3, 0.4) is 0 Å². The zero-order valence-electron chi connectivity index (χ0n) is 7.03. The van der Waals surface area contributed by atoms with Crippen molar-refractivity contribution in [1.29, 1.82) is 0 Å². The monoisotopic (exact) mass is 168 g/mol. The van der Waals surface area contributed by atoms with Crippen molar-refractivity contribution < 1.29 is 5.11 Å². The Balaban J connectivity index is 2.54. The van der Waals surface area contributed by atoms with Crippen LogP contribution in [-0.2, 0) is 5.11 Å². The van der Waals surface area contributed by atoms with Gasteiger partial charge in [-0.25, -0.2) is 0 Å². The predicted octanol–water partition coefficient (Wildman–Crippen LogP) is 3.30. The van der Waals surface area contributed by atoms with Gasteiger partial charge in [0, 0.05) is 5.56 Å². The summed E-state index contributed by atoms with van der Waals surface area (Å²) >= 11 is 0. The summed E-state index contributed by atoms with van der Waals surface area (Å²) < 4.78 is 0. The fourth-order valence-electron chi connectivity index (χ4n) is 1.25. The van der Waals surface area contributed by atoms with Crippen LogP contribution in [0.5, 0.6) is 5.75 Å². The minimum atomic E-state index is 0.0463. The molecule has 0 heterocycles. The number of hydrogen-bond acceptors (Lipinski definition) is 0. The second kappa shape index (κ2) is 3.31. The molecule has 2 rings (SSSR count). The van der Waals surface area contributed by atoms with E-state index < -0.39 is 0 Å². The Morgan fingerprint density at radius 2 is 1.69 bits per heavy atom. The zero-order valence-corrected chi connectivity index (χ0v) is 7.03. The molecule has 0 saturated heterocycles. The van der Waals surface area contributed by atoms with E-state index in [1.807, 2.05) is 36.4 Å². The van der Waals surface area contributed by atoms with Crippen LogP contribution in [0.1, 0.15) is 0 Å². The Kier molecular flexibility index (Phi) is 2.01. The van der Waals surface area contributed by atoms with E-state index in [9.17, 15) is 5.11 Å². The number of rotatable bonds is 1. The molecule has 0 atom stereocenters. The number of para-hydroxylation sites is 1. The molecule has 0 aliphatic rings. The smallest absolute Gasteiger partial charge is 0.186 e. The van der Waals surface area contributed by atoms with E-state index in [1.165, 1.54) is 0 Å². The van der Waals surface area contributed by atoms with E-state index >= 15 is 0 Å². The Labute approximate surface area is 77.3 Å². The summed E-state index contributed by atoms with van der Waals surface area (Å²) in [5.41, 5.74) is 1.57. The Morgan fingerprint density at radius 1 is 0.923 bits per heavy atom. The van der Waals surface area contributed by atoms with Crippen molar-refractivity contribution in [2.45, 2.75) is 0 Å². The van der Waals surface area contributed by atoms with Gasteiger partial charge in [0.25, 0.3) is 0 Å². The van der Waals surface area contributed by atoms with Crippen LogP contribution in [0.25, 0.3) is 11.1 Å². The molecule has 0 aliphatic carbocycles. The average Bonchev–Trinajstić information content (AvgIpc) is 2.20. The molecule has 62 valence electrons. The second-order valence-corrected chi connectivity index (χ2v) is 2.77. The third-order valence-corrected chi connectivity index (χ3v) is 1.89. The summed E-state index contributed by atoms with van der Waals surface area (Å²) in [4.78, 5) is 0. The maximum Gasteiger partial charge on any atom is 0.186 e. The predicted molar refractivity (Wildman–Crippen MR) is 50.8 cm³/mol. The second-order valence-electron chi connectivity index (χ2n) is 2.77. The number of benzene rings is 2. The average molecular weight is 168 g/mol. The van der Waals surface area contributed by atoms with Crippen molar-refractivity contribution >= 4 is 0 Å². The maximum atomic E-state index is 11.4. The van der Waals surface area contributed by atoms with Crippen molar-refractivity contribution in [3.8, 4) is 16.9 Å². The van der Waals surface area contributed by atoms with Gasteiger partial charge in [0.2, 0.25) is 0 Å². The molecule has 13 heavy (non-hydrogen) atoms. The largest absolute Gasteiger partial charge is 0.289 e. The van der Waals surface area contributed by atoms with Crippen molar-refractivity contribution in [2.75, 3.05) is 0 Å². The molecule has 0 saturated carbocycles. The lowest BCUT2D eigenvalue weighted by Crippen LogP contribution is -1.76. The maximum absolute atomic E-state index is 11.4. The Bertz CT molecular complexity index is 393. The van der Waals surface area contributed by atoms with Crippen LogP contribution in [0.4, 0.5) is 0 Å². The van der Waals surface area contributed by atoms with Crippen LogP contribution in [0.15, 0.2) is 48.5 Å². The van der Waals surface area contributed by atoms with Gasteiger partial charge in [0.05, 0.1) is 0 Å². The fraction of sp³-hybridized carbons (Fsp3) is 0. The van der Waals surface area contributed by atoms with Gasteiger partial charge in [0.15, 0.2) is 5.75 Å². The van der Waals surface area contributed by atoms with Gasteiger partial charge in [-0.2, -0.15) is 0 Å². The summed E-state index contributed by atoms with van der Waals surface area (Å²) in [5.74, 6) is 0.0463. The minimum absolute atomic E-state index is 0.0463. The van der Waals surface area contributed by atoms with Crippen LogP contribution in [0.2, 0.25) is 0 Å². The van der Waals surface area contributed by atoms with Crippen LogP contribution in [-0.4, -0.2) is 0 Å². The van der Waals surface area contributed by atoms with Crippen LogP contribution >= 0.6 is 0 Å². The molecule has 0 unspecified atom stereocenters. The van der Waals surface area contributed by atoms with Crippen molar-refractivity contribution in [1.82, 2.24) is 0 Å². The molecule has 2 aromatic rings. The van der Waals surface area contributed by atoms with Gasteiger partial charge in [0.1, 0.15) is 0 Å². The Morgan fingerprint density at radius 3 is 2.38 bits per heavy atom. The Hall–Kier alpha value is -1.76. The lowest BCUT2D eigenvalue weighted by Gasteiger charge is -2.00. The first kappa shape index (κ1) is 7.87. The highest BCUT2D eigenvalue weighted by Gasteiger charge is 2.02. The van der Waals surface area contributed by atoms with E-state index in [0.29, 0.717) is 5.56 Å². The molecule has 0 aromatic heterocycles. The summed E-state index contributed by atoms with van der Waals surface area (Å²) in [5, 5.41) is 11.4.